The van der Waals surface area contributed by atoms with Gasteiger partial charge in [-0.1, -0.05) is 77.8 Å². The molecule has 34 heavy (non-hydrogen) atoms. The van der Waals surface area contributed by atoms with Gasteiger partial charge in [-0.2, -0.15) is 0 Å². The Morgan fingerprint density at radius 2 is 1.53 bits per heavy atom. The van der Waals surface area contributed by atoms with E-state index in [1.54, 1.807) is 24.3 Å². The van der Waals surface area contributed by atoms with Gasteiger partial charge in [0.1, 0.15) is 11.6 Å². The zero-order valence-electron chi connectivity index (χ0n) is 17.5. The first kappa shape index (κ1) is 22.1. The molecule has 4 aromatic carbocycles. The van der Waals surface area contributed by atoms with Crippen LogP contribution in [0.4, 0.5) is 10.1 Å². The summed E-state index contributed by atoms with van der Waals surface area (Å²) in [7, 11) is 0. The van der Waals surface area contributed by atoms with Crippen LogP contribution in [0.5, 0.6) is 0 Å². The average molecular weight is 492 g/mol. The van der Waals surface area contributed by atoms with Gasteiger partial charge in [0.25, 0.3) is 11.7 Å². The highest BCUT2D eigenvalue weighted by atomic mass is 35.5. The molecule has 0 aromatic heterocycles. The van der Waals surface area contributed by atoms with E-state index in [-0.39, 0.29) is 32.6 Å². The molecular formula is C27H16Cl2FNO3. The van der Waals surface area contributed by atoms with Crippen molar-refractivity contribution in [2.24, 2.45) is 0 Å². The molecule has 0 aliphatic carbocycles. The molecule has 168 valence electrons. The molecule has 1 N–H and O–H groups in total. The van der Waals surface area contributed by atoms with Crippen LogP contribution in [0.3, 0.4) is 0 Å². The molecule has 4 nitrogen and oxygen atoms in total. The number of carbonyl (C=O) groups is 2. The number of hydrogen-bond donors (Lipinski definition) is 1. The Morgan fingerprint density at radius 3 is 2.26 bits per heavy atom. The second-order valence-corrected chi connectivity index (χ2v) is 8.67. The van der Waals surface area contributed by atoms with Gasteiger partial charge in [-0.05, 0) is 41.1 Å². The van der Waals surface area contributed by atoms with Crippen LogP contribution in [-0.4, -0.2) is 16.8 Å². The van der Waals surface area contributed by atoms with Crippen LogP contribution < -0.4 is 4.90 Å². The normalized spacial score (nSPS) is 17.5. The van der Waals surface area contributed by atoms with Gasteiger partial charge in [0.2, 0.25) is 0 Å². The summed E-state index contributed by atoms with van der Waals surface area (Å²) < 4.78 is 15.0. The summed E-state index contributed by atoms with van der Waals surface area (Å²) in [6.07, 6.45) is 0. The summed E-state index contributed by atoms with van der Waals surface area (Å²) >= 11 is 12.2. The number of hydrogen-bond acceptors (Lipinski definition) is 3. The minimum absolute atomic E-state index is 0.0649. The highest BCUT2D eigenvalue weighted by molar-refractivity contribution is 6.52. The van der Waals surface area contributed by atoms with Crippen LogP contribution in [0, 0.1) is 5.82 Å². The Kier molecular flexibility index (Phi) is 5.60. The van der Waals surface area contributed by atoms with Crippen molar-refractivity contribution in [3.05, 3.63) is 117 Å². The van der Waals surface area contributed by atoms with E-state index in [1.807, 2.05) is 24.3 Å². The van der Waals surface area contributed by atoms with E-state index in [0.29, 0.717) is 5.56 Å². The van der Waals surface area contributed by atoms with E-state index < -0.39 is 23.5 Å². The predicted octanol–water partition coefficient (Wildman–Crippen LogP) is 6.91. The van der Waals surface area contributed by atoms with Crippen molar-refractivity contribution in [1.82, 2.24) is 0 Å². The number of anilines is 1. The standard InChI is InChI=1S/C27H16Cl2FNO3/c28-20-12-11-18(14-21(20)29)31-24(19-7-3-4-8-22(19)30)23(26(33)27(31)34)25(32)17-10-9-15-5-1-2-6-16(15)13-17/h1-14,24,32H/b25-23+. The highest BCUT2D eigenvalue weighted by Crippen LogP contribution is 2.44. The topological polar surface area (TPSA) is 57.6 Å². The van der Waals surface area contributed by atoms with Crippen LogP contribution in [0.25, 0.3) is 16.5 Å². The van der Waals surface area contributed by atoms with E-state index in [9.17, 15) is 19.1 Å². The maximum absolute atomic E-state index is 15.0. The Balaban J connectivity index is 1.75. The molecule has 1 atom stereocenters. The zero-order valence-corrected chi connectivity index (χ0v) is 19.0. The number of halogens is 3. The zero-order chi connectivity index (χ0) is 24.0. The summed E-state index contributed by atoms with van der Waals surface area (Å²) in [4.78, 5) is 27.5. The first-order valence-electron chi connectivity index (χ1n) is 10.4. The molecular weight excluding hydrogens is 476 g/mol. The van der Waals surface area contributed by atoms with Crippen LogP contribution >= 0.6 is 23.2 Å². The van der Waals surface area contributed by atoms with E-state index in [4.69, 9.17) is 23.2 Å². The number of Topliss-reactive ketones (excluding diaryl/α,β-unsaturated/α-hetero) is 1. The van der Waals surface area contributed by atoms with E-state index in [2.05, 4.69) is 0 Å². The lowest BCUT2D eigenvalue weighted by atomic mass is 9.94. The van der Waals surface area contributed by atoms with Gasteiger partial charge in [-0.25, -0.2) is 4.39 Å². The van der Waals surface area contributed by atoms with Gasteiger partial charge >= 0.3 is 0 Å². The smallest absolute Gasteiger partial charge is 0.300 e. The average Bonchev–Trinajstić information content (AvgIpc) is 3.10. The molecule has 1 saturated heterocycles. The quantitative estimate of drug-likeness (QED) is 0.192. The lowest BCUT2D eigenvalue weighted by molar-refractivity contribution is -0.132. The number of ketones is 1. The number of amides is 1. The van der Waals surface area contributed by atoms with Crippen molar-refractivity contribution in [2.75, 3.05) is 4.90 Å². The van der Waals surface area contributed by atoms with Crippen molar-refractivity contribution < 1.29 is 19.1 Å². The minimum atomic E-state index is -1.20. The Labute approximate surface area is 204 Å². The summed E-state index contributed by atoms with van der Waals surface area (Å²) in [5.74, 6) is -2.84. The minimum Gasteiger partial charge on any atom is -0.507 e. The lowest BCUT2D eigenvalue weighted by Gasteiger charge is -2.26. The third-order valence-corrected chi connectivity index (χ3v) is 6.59. The number of aliphatic hydroxyl groups excluding tert-OH is 1. The van der Waals surface area contributed by atoms with Gasteiger partial charge in [0.05, 0.1) is 21.7 Å². The summed E-state index contributed by atoms with van der Waals surface area (Å²) in [6.45, 7) is 0. The van der Waals surface area contributed by atoms with E-state index >= 15 is 0 Å². The SMILES string of the molecule is O=C1C(=O)N(c2ccc(Cl)c(Cl)c2)C(c2ccccc2F)/C1=C(\O)c1ccc2ccccc2c1. The van der Waals surface area contributed by atoms with Crippen LogP contribution in [0.1, 0.15) is 17.2 Å². The number of benzene rings is 4. The van der Waals surface area contributed by atoms with Crippen LogP contribution in [0.2, 0.25) is 10.0 Å². The Morgan fingerprint density at radius 1 is 0.824 bits per heavy atom. The molecule has 5 rings (SSSR count). The second-order valence-electron chi connectivity index (χ2n) is 7.85. The van der Waals surface area contributed by atoms with Gasteiger partial charge in [0, 0.05) is 16.8 Å². The predicted molar refractivity (Wildman–Crippen MR) is 132 cm³/mol. The molecule has 0 radical (unpaired) electrons. The second kappa shape index (κ2) is 8.60. The third kappa shape index (κ3) is 3.63. The molecule has 1 fully saturated rings. The molecule has 7 heteroatoms. The maximum atomic E-state index is 15.0. The summed E-state index contributed by atoms with van der Waals surface area (Å²) in [5, 5.41) is 13.5. The summed E-state index contributed by atoms with van der Waals surface area (Å²) in [6, 6.07) is 21.8. The Hall–Kier alpha value is -3.67. The highest BCUT2D eigenvalue weighted by Gasteiger charge is 2.47. The molecule has 1 amide bonds. The van der Waals surface area contributed by atoms with Crippen LogP contribution in [-0.2, 0) is 9.59 Å². The molecule has 0 spiro atoms. The molecule has 1 aliphatic heterocycles. The number of nitrogens with zero attached hydrogens (tertiary/aromatic N) is 1. The van der Waals surface area contributed by atoms with Gasteiger partial charge in [-0.15, -0.1) is 0 Å². The molecule has 1 unspecified atom stereocenters. The first-order chi connectivity index (χ1) is 16.4. The maximum Gasteiger partial charge on any atom is 0.300 e. The Bertz CT molecular complexity index is 1520. The van der Waals surface area contributed by atoms with Crippen molar-refractivity contribution in [1.29, 1.82) is 0 Å². The number of aliphatic hydroxyl groups is 1. The lowest BCUT2D eigenvalue weighted by Crippen LogP contribution is -2.29. The fourth-order valence-corrected chi connectivity index (χ4v) is 4.51. The van der Waals surface area contributed by atoms with E-state index in [1.165, 1.54) is 36.4 Å². The van der Waals surface area contributed by atoms with Gasteiger partial charge in [-0.3, -0.25) is 14.5 Å². The largest absolute Gasteiger partial charge is 0.507 e. The third-order valence-electron chi connectivity index (χ3n) is 5.85. The first-order valence-corrected chi connectivity index (χ1v) is 11.1. The van der Waals surface area contributed by atoms with Crippen LogP contribution in [0.15, 0.2) is 90.5 Å². The number of carbonyl (C=O) groups excluding carboxylic acids is 2. The summed E-state index contributed by atoms with van der Waals surface area (Å²) in [5.41, 5.74) is 0.445. The molecule has 1 aliphatic rings. The van der Waals surface area contributed by atoms with Crippen molar-refractivity contribution in [3.63, 3.8) is 0 Å². The van der Waals surface area contributed by atoms with Crippen molar-refractivity contribution >= 4 is 57.1 Å². The molecule has 0 saturated carbocycles. The van der Waals surface area contributed by atoms with Crippen molar-refractivity contribution in [2.45, 2.75) is 6.04 Å². The monoisotopic (exact) mass is 491 g/mol. The van der Waals surface area contributed by atoms with E-state index in [0.717, 1.165) is 15.7 Å². The fourth-order valence-electron chi connectivity index (χ4n) is 4.22. The molecule has 4 aromatic rings. The van der Waals surface area contributed by atoms with Gasteiger partial charge < -0.3 is 5.11 Å². The number of fused-ring (bicyclic) bond motifs is 1. The van der Waals surface area contributed by atoms with Crippen molar-refractivity contribution in [3.8, 4) is 0 Å². The molecule has 0 bridgehead atoms. The number of rotatable bonds is 3. The molecule has 1 heterocycles. The fraction of sp³-hybridized carbons (Fsp3) is 0.0370. The van der Waals surface area contributed by atoms with Gasteiger partial charge in [0.15, 0.2) is 0 Å².